The van der Waals surface area contributed by atoms with E-state index in [0.29, 0.717) is 32.8 Å². The average Bonchev–Trinajstić information content (AvgIpc) is 3.34. The maximum Gasteiger partial charge on any atom is 0.225 e. The minimum absolute atomic E-state index is 0.176. The Hall–Kier alpha value is -1.14. The van der Waals surface area contributed by atoms with Crippen molar-refractivity contribution in [2.24, 2.45) is 11.8 Å². The highest BCUT2D eigenvalue weighted by atomic mass is 16.7. The van der Waals surface area contributed by atoms with Crippen LogP contribution in [0.4, 0.5) is 0 Å². The van der Waals surface area contributed by atoms with Crippen LogP contribution in [0, 0.1) is 11.8 Å². The Labute approximate surface area is 143 Å². The summed E-state index contributed by atoms with van der Waals surface area (Å²) in [4.78, 5) is 29.1. The summed E-state index contributed by atoms with van der Waals surface area (Å²) in [5.41, 5.74) is 0. The van der Waals surface area contributed by atoms with E-state index in [2.05, 4.69) is 0 Å². The molecule has 0 bridgehead atoms. The van der Waals surface area contributed by atoms with Gasteiger partial charge >= 0.3 is 0 Å². The van der Waals surface area contributed by atoms with Gasteiger partial charge in [-0.25, -0.2) is 0 Å². The Kier molecular flexibility index (Phi) is 4.52. The smallest absolute Gasteiger partial charge is 0.225 e. The highest BCUT2D eigenvalue weighted by Gasteiger charge is 2.45. The van der Waals surface area contributed by atoms with Crippen LogP contribution in [0.1, 0.15) is 44.9 Å². The van der Waals surface area contributed by atoms with E-state index in [9.17, 15) is 9.59 Å². The van der Waals surface area contributed by atoms with Gasteiger partial charge in [0.2, 0.25) is 17.6 Å². The van der Waals surface area contributed by atoms with Crippen molar-refractivity contribution in [3.63, 3.8) is 0 Å². The molecule has 6 heteroatoms. The van der Waals surface area contributed by atoms with E-state index < -0.39 is 5.79 Å². The zero-order valence-electron chi connectivity index (χ0n) is 14.4. The first-order valence-corrected chi connectivity index (χ1v) is 9.52. The largest absolute Gasteiger partial charge is 0.347 e. The van der Waals surface area contributed by atoms with E-state index in [0.717, 1.165) is 51.5 Å². The third-order valence-electron chi connectivity index (χ3n) is 5.78. The van der Waals surface area contributed by atoms with Gasteiger partial charge in [-0.15, -0.1) is 0 Å². The molecule has 24 heavy (non-hydrogen) atoms. The Morgan fingerprint density at radius 1 is 0.750 bits per heavy atom. The molecular weight excluding hydrogens is 308 g/mol. The molecule has 0 aromatic carbocycles. The second-order valence-electron chi connectivity index (χ2n) is 7.74. The van der Waals surface area contributed by atoms with Crippen LogP contribution in [0.15, 0.2) is 0 Å². The number of carbonyl (C=O) groups excluding carboxylic acids is 2. The lowest BCUT2D eigenvalue weighted by molar-refractivity contribution is -0.264. The molecule has 2 aliphatic heterocycles. The number of hydrogen-bond donors (Lipinski definition) is 0. The molecule has 1 spiro atoms. The monoisotopic (exact) mass is 336 g/mol. The fourth-order valence-electron chi connectivity index (χ4n) is 4.27. The van der Waals surface area contributed by atoms with Gasteiger partial charge in [-0.05, 0) is 32.1 Å². The number of amides is 2. The van der Waals surface area contributed by atoms with Crippen molar-refractivity contribution in [3.8, 4) is 0 Å². The predicted molar refractivity (Wildman–Crippen MR) is 87.1 cm³/mol. The molecule has 134 valence electrons. The molecule has 4 fully saturated rings. The highest BCUT2D eigenvalue weighted by molar-refractivity contribution is 5.81. The molecule has 0 aromatic heterocycles. The van der Waals surface area contributed by atoms with E-state index in [-0.39, 0.29) is 23.7 Å². The Balaban J connectivity index is 1.45. The lowest BCUT2D eigenvalue weighted by Gasteiger charge is -2.43. The van der Waals surface area contributed by atoms with Crippen molar-refractivity contribution in [1.82, 2.24) is 9.80 Å². The van der Waals surface area contributed by atoms with Crippen LogP contribution in [0.3, 0.4) is 0 Å². The standard InChI is InChI=1S/C18H28N2O4/c21-16(14-4-1-2-5-14)20-9-11-24-18(13-20)12-19(8-3-10-23-18)17(22)15-6-7-15/h14-15H,1-13H2. The van der Waals surface area contributed by atoms with Crippen LogP contribution in [0.5, 0.6) is 0 Å². The zero-order valence-corrected chi connectivity index (χ0v) is 14.4. The molecule has 2 saturated heterocycles. The van der Waals surface area contributed by atoms with Gasteiger partial charge < -0.3 is 19.3 Å². The lowest BCUT2D eigenvalue weighted by atomic mass is 10.1. The topological polar surface area (TPSA) is 59.1 Å². The van der Waals surface area contributed by atoms with Gasteiger partial charge in [-0.2, -0.15) is 0 Å². The van der Waals surface area contributed by atoms with Crippen molar-refractivity contribution in [3.05, 3.63) is 0 Å². The van der Waals surface area contributed by atoms with E-state index in [1.54, 1.807) is 0 Å². The Morgan fingerprint density at radius 3 is 2.00 bits per heavy atom. The predicted octanol–water partition coefficient (Wildman–Crippen LogP) is 1.39. The summed E-state index contributed by atoms with van der Waals surface area (Å²) >= 11 is 0. The van der Waals surface area contributed by atoms with Crippen LogP contribution in [0.2, 0.25) is 0 Å². The maximum atomic E-state index is 12.8. The van der Waals surface area contributed by atoms with E-state index >= 15 is 0 Å². The van der Waals surface area contributed by atoms with Crippen LogP contribution in [-0.4, -0.2) is 66.8 Å². The first kappa shape index (κ1) is 16.3. The summed E-state index contributed by atoms with van der Waals surface area (Å²) in [6.07, 6.45) is 7.19. The molecular formula is C18H28N2O4. The van der Waals surface area contributed by atoms with Crippen molar-refractivity contribution in [2.45, 2.75) is 50.7 Å². The van der Waals surface area contributed by atoms with Gasteiger partial charge in [0, 0.05) is 24.9 Å². The molecule has 0 N–H and O–H groups in total. The van der Waals surface area contributed by atoms with Crippen molar-refractivity contribution < 1.29 is 19.1 Å². The molecule has 2 saturated carbocycles. The second-order valence-corrected chi connectivity index (χ2v) is 7.74. The summed E-state index contributed by atoms with van der Waals surface area (Å²) in [6.45, 7) is 3.35. The number of ether oxygens (including phenoxy) is 2. The quantitative estimate of drug-likeness (QED) is 0.765. The molecule has 0 aromatic rings. The average molecular weight is 336 g/mol. The zero-order chi connectivity index (χ0) is 16.6. The number of nitrogens with zero attached hydrogens (tertiary/aromatic N) is 2. The molecule has 0 radical (unpaired) electrons. The van der Waals surface area contributed by atoms with Crippen LogP contribution >= 0.6 is 0 Å². The fraction of sp³-hybridized carbons (Fsp3) is 0.889. The molecule has 2 aliphatic carbocycles. The fourth-order valence-corrected chi connectivity index (χ4v) is 4.27. The first-order valence-electron chi connectivity index (χ1n) is 9.52. The first-order chi connectivity index (χ1) is 11.7. The summed E-state index contributed by atoms with van der Waals surface area (Å²) in [5, 5.41) is 0. The minimum Gasteiger partial charge on any atom is -0.347 e. The van der Waals surface area contributed by atoms with Gasteiger partial charge in [-0.3, -0.25) is 9.59 Å². The molecule has 2 amide bonds. The Morgan fingerprint density at radius 2 is 1.33 bits per heavy atom. The summed E-state index contributed by atoms with van der Waals surface area (Å²) < 4.78 is 12.0. The second kappa shape index (κ2) is 6.64. The SMILES string of the molecule is O=C(C1CC1)N1CCCOC2(C1)CN(C(=O)C1CCCC1)CCO2. The molecule has 1 atom stereocenters. The summed E-state index contributed by atoms with van der Waals surface area (Å²) in [7, 11) is 0. The summed E-state index contributed by atoms with van der Waals surface area (Å²) in [5.74, 6) is 0.0500. The van der Waals surface area contributed by atoms with Crippen molar-refractivity contribution in [1.29, 1.82) is 0 Å². The van der Waals surface area contributed by atoms with Gasteiger partial charge in [0.1, 0.15) is 0 Å². The molecule has 4 rings (SSSR count). The van der Waals surface area contributed by atoms with E-state index in [1.165, 1.54) is 0 Å². The van der Waals surface area contributed by atoms with Gasteiger partial charge in [0.25, 0.3) is 0 Å². The molecule has 2 heterocycles. The van der Waals surface area contributed by atoms with Crippen molar-refractivity contribution in [2.75, 3.05) is 39.4 Å². The number of hydrogen-bond acceptors (Lipinski definition) is 4. The van der Waals surface area contributed by atoms with Crippen molar-refractivity contribution >= 4 is 11.8 Å². The van der Waals surface area contributed by atoms with Crippen LogP contribution in [0.25, 0.3) is 0 Å². The van der Waals surface area contributed by atoms with E-state index in [4.69, 9.17) is 9.47 Å². The Bertz CT molecular complexity index is 501. The normalized spacial score (nSPS) is 32.2. The van der Waals surface area contributed by atoms with Gasteiger partial charge in [0.05, 0.1) is 26.3 Å². The van der Waals surface area contributed by atoms with Crippen LogP contribution in [-0.2, 0) is 19.1 Å². The highest BCUT2D eigenvalue weighted by Crippen LogP contribution is 2.34. The molecule has 6 nitrogen and oxygen atoms in total. The van der Waals surface area contributed by atoms with Gasteiger partial charge in [-0.1, -0.05) is 12.8 Å². The van der Waals surface area contributed by atoms with E-state index in [1.807, 2.05) is 9.80 Å². The number of rotatable bonds is 2. The lowest BCUT2D eigenvalue weighted by Crippen LogP contribution is -2.60. The van der Waals surface area contributed by atoms with Crippen LogP contribution < -0.4 is 0 Å². The van der Waals surface area contributed by atoms with Gasteiger partial charge in [0.15, 0.2) is 0 Å². The molecule has 4 aliphatic rings. The third-order valence-corrected chi connectivity index (χ3v) is 5.78. The third kappa shape index (κ3) is 3.31. The summed E-state index contributed by atoms with van der Waals surface area (Å²) in [6, 6.07) is 0. The number of morpholine rings is 1. The maximum absolute atomic E-state index is 12.8. The number of carbonyl (C=O) groups is 2. The molecule has 1 unspecified atom stereocenters. The minimum atomic E-state index is -0.826.